The molecule has 1 N–H and O–H groups in total. The number of nitrogens with zero attached hydrogens (tertiary/aromatic N) is 1. The van der Waals surface area contributed by atoms with Crippen LogP contribution in [0.2, 0.25) is 0 Å². The lowest BCUT2D eigenvalue weighted by molar-refractivity contribution is -0.943. The number of piperidine rings is 1. The number of quaternary nitrogens is 1. The van der Waals surface area contributed by atoms with Crippen molar-refractivity contribution in [2.45, 2.75) is 32.7 Å². The third-order valence-corrected chi connectivity index (χ3v) is 4.49. The molecule has 2 rings (SSSR count). The minimum atomic E-state index is 0.0837. The normalized spacial score (nSPS) is 17.8. The van der Waals surface area contributed by atoms with E-state index in [0.717, 1.165) is 17.6 Å². The highest BCUT2D eigenvalue weighted by atomic mass is 16.5. The molecule has 1 heterocycles. The molecule has 0 amide bonds. The number of hydrogen-bond donors (Lipinski definition) is 1. The molecule has 1 aliphatic rings. The lowest BCUT2D eigenvalue weighted by Crippen LogP contribution is -2.50. The number of ether oxygens (including phenoxy) is 2. The summed E-state index contributed by atoms with van der Waals surface area (Å²) in [5.41, 5.74) is 1.17. The van der Waals surface area contributed by atoms with Gasteiger partial charge in [0.1, 0.15) is 6.54 Å². The summed E-state index contributed by atoms with van der Waals surface area (Å²) >= 11 is 0. The van der Waals surface area contributed by atoms with E-state index >= 15 is 0 Å². The van der Waals surface area contributed by atoms with Gasteiger partial charge >= 0.3 is 0 Å². The summed E-state index contributed by atoms with van der Waals surface area (Å²) in [6, 6.07) is 3.87. The molecule has 0 spiro atoms. The van der Waals surface area contributed by atoms with Gasteiger partial charge in [-0.15, -0.1) is 0 Å². The Morgan fingerprint density at radius 3 is 2.05 bits per heavy atom. The monoisotopic (exact) mass is 280 g/mol. The van der Waals surface area contributed by atoms with E-state index in [2.05, 4.69) is 6.92 Å². The zero-order valence-electron chi connectivity index (χ0n) is 12.8. The minimum Gasteiger partial charge on any atom is -0.502 e. The van der Waals surface area contributed by atoms with Gasteiger partial charge in [0.15, 0.2) is 11.5 Å². The standard InChI is InChI=1S/C16H25NO3/c1-4-17(8-6-5-7-9-17)12-13-10-14(19-2)16(18)15(11-13)20-3/h10-11H,4-9,12H2,1-3H3/p+1. The van der Waals surface area contributed by atoms with Gasteiger partial charge in [-0.3, -0.25) is 0 Å². The fraction of sp³-hybridized carbons (Fsp3) is 0.625. The van der Waals surface area contributed by atoms with Crippen molar-refractivity contribution in [3.8, 4) is 17.2 Å². The lowest BCUT2D eigenvalue weighted by atomic mass is 10.0. The first-order valence-electron chi connectivity index (χ1n) is 7.43. The van der Waals surface area contributed by atoms with E-state index in [4.69, 9.17) is 9.47 Å². The van der Waals surface area contributed by atoms with Crippen molar-refractivity contribution in [1.29, 1.82) is 0 Å². The number of rotatable bonds is 5. The van der Waals surface area contributed by atoms with Crippen LogP contribution in [-0.4, -0.2) is 43.4 Å². The molecule has 1 aliphatic heterocycles. The van der Waals surface area contributed by atoms with Crippen LogP contribution in [0.4, 0.5) is 0 Å². The first-order valence-corrected chi connectivity index (χ1v) is 7.43. The molecule has 1 aromatic rings. The van der Waals surface area contributed by atoms with Gasteiger partial charge in [0.2, 0.25) is 5.75 Å². The summed E-state index contributed by atoms with van der Waals surface area (Å²) < 4.78 is 11.6. The van der Waals surface area contributed by atoms with Gasteiger partial charge in [0.05, 0.1) is 33.9 Å². The number of phenols is 1. The Bertz CT molecular complexity index is 428. The van der Waals surface area contributed by atoms with Crippen molar-refractivity contribution in [3.05, 3.63) is 17.7 Å². The van der Waals surface area contributed by atoms with Crippen molar-refractivity contribution >= 4 is 0 Å². The molecule has 112 valence electrons. The number of aromatic hydroxyl groups is 1. The van der Waals surface area contributed by atoms with Crippen LogP contribution in [0.5, 0.6) is 17.2 Å². The predicted molar refractivity (Wildman–Crippen MR) is 79.3 cm³/mol. The molecule has 1 aromatic carbocycles. The maximum Gasteiger partial charge on any atom is 0.200 e. The topological polar surface area (TPSA) is 38.7 Å². The van der Waals surface area contributed by atoms with E-state index in [-0.39, 0.29) is 5.75 Å². The summed E-state index contributed by atoms with van der Waals surface area (Å²) in [4.78, 5) is 0. The molecule has 0 aromatic heterocycles. The second-order valence-electron chi connectivity index (χ2n) is 5.67. The highest BCUT2D eigenvalue weighted by molar-refractivity contribution is 5.52. The van der Waals surface area contributed by atoms with E-state index in [0.29, 0.717) is 11.5 Å². The van der Waals surface area contributed by atoms with Crippen LogP contribution in [0.25, 0.3) is 0 Å². The van der Waals surface area contributed by atoms with E-state index in [1.165, 1.54) is 37.9 Å². The highest BCUT2D eigenvalue weighted by Crippen LogP contribution is 2.38. The van der Waals surface area contributed by atoms with Gasteiger partial charge in [-0.05, 0) is 38.3 Å². The van der Waals surface area contributed by atoms with Crippen molar-refractivity contribution < 1.29 is 19.1 Å². The maximum atomic E-state index is 9.99. The molecule has 0 atom stereocenters. The summed E-state index contributed by atoms with van der Waals surface area (Å²) in [5.74, 6) is 1.07. The molecule has 1 fully saturated rings. The van der Waals surface area contributed by atoms with Crippen molar-refractivity contribution in [2.75, 3.05) is 33.9 Å². The largest absolute Gasteiger partial charge is 0.502 e. The van der Waals surface area contributed by atoms with Crippen molar-refractivity contribution in [3.63, 3.8) is 0 Å². The molecule has 0 saturated carbocycles. The Balaban J connectivity index is 2.27. The number of benzene rings is 1. The van der Waals surface area contributed by atoms with Gasteiger partial charge in [-0.25, -0.2) is 0 Å². The van der Waals surface area contributed by atoms with Gasteiger partial charge in [0.25, 0.3) is 0 Å². The molecular weight excluding hydrogens is 254 g/mol. The lowest BCUT2D eigenvalue weighted by Gasteiger charge is -2.41. The Morgan fingerprint density at radius 1 is 1.05 bits per heavy atom. The summed E-state index contributed by atoms with van der Waals surface area (Å²) in [7, 11) is 3.15. The molecular formula is C16H26NO3+. The third-order valence-electron chi connectivity index (χ3n) is 4.49. The molecule has 0 aliphatic carbocycles. The Kier molecular flexibility index (Phi) is 4.76. The van der Waals surface area contributed by atoms with Gasteiger partial charge in [0, 0.05) is 5.56 Å². The predicted octanol–water partition coefficient (Wildman–Crippen LogP) is 2.93. The Hall–Kier alpha value is -1.42. The fourth-order valence-corrected chi connectivity index (χ4v) is 3.20. The Morgan fingerprint density at radius 2 is 1.60 bits per heavy atom. The van der Waals surface area contributed by atoms with Gasteiger partial charge in [-0.2, -0.15) is 0 Å². The average Bonchev–Trinajstić information content (AvgIpc) is 2.49. The fourth-order valence-electron chi connectivity index (χ4n) is 3.20. The second-order valence-corrected chi connectivity index (χ2v) is 5.67. The number of hydrogen-bond acceptors (Lipinski definition) is 3. The van der Waals surface area contributed by atoms with Crippen LogP contribution in [0, 0.1) is 0 Å². The van der Waals surface area contributed by atoms with Gasteiger partial charge < -0.3 is 19.1 Å². The molecule has 0 radical (unpaired) electrons. The van der Waals surface area contributed by atoms with Crippen LogP contribution < -0.4 is 9.47 Å². The first-order chi connectivity index (χ1) is 9.64. The highest BCUT2D eigenvalue weighted by Gasteiger charge is 2.29. The van der Waals surface area contributed by atoms with E-state index in [1.807, 2.05) is 12.1 Å². The molecule has 0 unspecified atom stereocenters. The van der Waals surface area contributed by atoms with Crippen LogP contribution in [0.3, 0.4) is 0 Å². The average molecular weight is 280 g/mol. The third kappa shape index (κ3) is 3.01. The molecule has 4 heteroatoms. The van der Waals surface area contributed by atoms with Gasteiger partial charge in [-0.1, -0.05) is 0 Å². The molecule has 1 saturated heterocycles. The summed E-state index contributed by atoms with van der Waals surface area (Å²) in [6.07, 6.45) is 3.96. The Labute approximate surface area is 121 Å². The zero-order chi connectivity index (χ0) is 14.6. The summed E-state index contributed by atoms with van der Waals surface area (Å²) in [5, 5.41) is 9.99. The quantitative estimate of drug-likeness (QED) is 0.843. The number of methoxy groups -OCH3 is 2. The summed E-state index contributed by atoms with van der Waals surface area (Å²) in [6.45, 7) is 6.86. The SMILES string of the molecule is CC[N+]1(Cc2cc(OC)c(O)c(OC)c2)CCCCC1. The first kappa shape index (κ1) is 15.0. The van der Waals surface area contributed by atoms with Crippen LogP contribution >= 0.6 is 0 Å². The van der Waals surface area contributed by atoms with Crippen molar-refractivity contribution in [1.82, 2.24) is 0 Å². The van der Waals surface area contributed by atoms with E-state index < -0.39 is 0 Å². The number of likely N-dealkylation sites (tertiary alicyclic amines) is 1. The number of phenolic OH excluding ortho intramolecular Hbond substituents is 1. The second kappa shape index (κ2) is 6.35. The van der Waals surface area contributed by atoms with Crippen LogP contribution in [-0.2, 0) is 6.54 Å². The molecule has 0 bridgehead atoms. The minimum absolute atomic E-state index is 0.0837. The molecule has 4 nitrogen and oxygen atoms in total. The van der Waals surface area contributed by atoms with Crippen molar-refractivity contribution in [2.24, 2.45) is 0 Å². The van der Waals surface area contributed by atoms with Crippen LogP contribution in [0.1, 0.15) is 31.7 Å². The smallest absolute Gasteiger partial charge is 0.200 e. The molecule has 20 heavy (non-hydrogen) atoms. The van der Waals surface area contributed by atoms with E-state index in [9.17, 15) is 5.11 Å². The maximum absolute atomic E-state index is 9.99. The van der Waals surface area contributed by atoms with E-state index in [1.54, 1.807) is 14.2 Å². The zero-order valence-corrected chi connectivity index (χ0v) is 12.8. The van der Waals surface area contributed by atoms with Crippen LogP contribution in [0.15, 0.2) is 12.1 Å².